The first-order valence-electron chi connectivity index (χ1n) is 9.12. The molecule has 0 bridgehead atoms. The summed E-state index contributed by atoms with van der Waals surface area (Å²) in [5.74, 6) is 2.58. The highest BCUT2D eigenvalue weighted by Crippen LogP contribution is 2.27. The highest BCUT2D eigenvalue weighted by atomic mass is 32.2. The molecule has 1 aromatic carbocycles. The summed E-state index contributed by atoms with van der Waals surface area (Å²) in [6.07, 6.45) is 4.11. The molecule has 0 spiro atoms. The van der Waals surface area contributed by atoms with E-state index >= 15 is 0 Å². The van der Waals surface area contributed by atoms with Crippen molar-refractivity contribution in [2.24, 2.45) is 11.7 Å². The molecule has 5 nitrogen and oxygen atoms in total. The third kappa shape index (κ3) is 5.22. The second-order valence-electron chi connectivity index (χ2n) is 6.97. The Hall–Kier alpha value is -1.53. The number of hydrogen-bond donors (Lipinski definition) is 2. The van der Waals surface area contributed by atoms with Gasteiger partial charge in [-0.05, 0) is 36.5 Å². The van der Waals surface area contributed by atoms with Crippen molar-refractivity contribution in [1.82, 2.24) is 4.90 Å². The lowest BCUT2D eigenvalue weighted by molar-refractivity contribution is -0.130. The average Bonchev–Trinajstić information content (AvgIpc) is 3.02. The van der Waals surface area contributed by atoms with Gasteiger partial charge in [0.15, 0.2) is 0 Å². The van der Waals surface area contributed by atoms with Gasteiger partial charge >= 0.3 is 0 Å². The molecule has 1 aliphatic carbocycles. The molecule has 2 aliphatic rings. The predicted octanol–water partition coefficient (Wildman–Crippen LogP) is 2.26. The maximum absolute atomic E-state index is 12.3. The molecule has 1 saturated carbocycles. The van der Waals surface area contributed by atoms with Crippen molar-refractivity contribution in [3.63, 3.8) is 0 Å². The van der Waals surface area contributed by atoms with Gasteiger partial charge in [0.1, 0.15) is 0 Å². The maximum Gasteiger partial charge on any atom is 0.227 e. The Morgan fingerprint density at radius 1 is 1.16 bits per heavy atom. The highest BCUT2D eigenvalue weighted by molar-refractivity contribution is 7.99. The number of thioether (sulfide) groups is 1. The smallest absolute Gasteiger partial charge is 0.227 e. The summed E-state index contributed by atoms with van der Waals surface area (Å²) in [7, 11) is 0. The van der Waals surface area contributed by atoms with E-state index in [0.29, 0.717) is 18.8 Å². The number of benzene rings is 1. The summed E-state index contributed by atoms with van der Waals surface area (Å²) in [5.41, 5.74) is 7.80. The van der Waals surface area contributed by atoms with Crippen LogP contribution in [0.25, 0.3) is 0 Å². The molecule has 1 aromatic rings. The summed E-state index contributed by atoms with van der Waals surface area (Å²) >= 11 is 1.90. The van der Waals surface area contributed by atoms with E-state index in [4.69, 9.17) is 5.73 Å². The lowest BCUT2D eigenvalue weighted by atomic mass is 10.00. The first kappa shape index (κ1) is 18.3. The Morgan fingerprint density at radius 3 is 2.52 bits per heavy atom. The van der Waals surface area contributed by atoms with Crippen LogP contribution in [0.2, 0.25) is 0 Å². The SMILES string of the molecule is N[C@@H]1CCC[C@H]1CC(=O)Nc1ccc(CC(=O)N2CCSCC2)cc1. The van der Waals surface area contributed by atoms with E-state index in [0.717, 1.165) is 55.1 Å². The van der Waals surface area contributed by atoms with Crippen LogP contribution in [0.4, 0.5) is 5.69 Å². The molecule has 2 fully saturated rings. The maximum atomic E-state index is 12.3. The van der Waals surface area contributed by atoms with E-state index < -0.39 is 0 Å². The molecule has 1 aliphatic heterocycles. The highest BCUT2D eigenvalue weighted by Gasteiger charge is 2.26. The van der Waals surface area contributed by atoms with Crippen molar-refractivity contribution >= 4 is 29.3 Å². The minimum absolute atomic E-state index is 0.0250. The van der Waals surface area contributed by atoms with Crippen molar-refractivity contribution in [1.29, 1.82) is 0 Å². The first-order chi connectivity index (χ1) is 12.1. The molecule has 1 heterocycles. The number of nitrogens with one attached hydrogen (secondary N) is 1. The predicted molar refractivity (Wildman–Crippen MR) is 103 cm³/mol. The van der Waals surface area contributed by atoms with Gasteiger partial charge in [-0.15, -0.1) is 0 Å². The Bertz CT molecular complexity index is 599. The molecule has 136 valence electrons. The number of amides is 2. The number of rotatable bonds is 5. The molecule has 2 atom stereocenters. The quantitative estimate of drug-likeness (QED) is 0.843. The summed E-state index contributed by atoms with van der Waals surface area (Å²) in [5, 5.41) is 2.94. The molecule has 2 amide bonds. The van der Waals surface area contributed by atoms with E-state index in [1.165, 1.54) is 0 Å². The van der Waals surface area contributed by atoms with E-state index in [1.807, 2.05) is 40.9 Å². The Balaban J connectivity index is 1.48. The number of nitrogens with two attached hydrogens (primary N) is 1. The molecule has 3 N–H and O–H groups in total. The summed E-state index contributed by atoms with van der Waals surface area (Å²) in [4.78, 5) is 26.4. The number of nitrogens with zero attached hydrogens (tertiary/aromatic N) is 1. The zero-order valence-electron chi connectivity index (χ0n) is 14.6. The van der Waals surface area contributed by atoms with Crippen molar-refractivity contribution in [2.45, 2.75) is 38.1 Å². The topological polar surface area (TPSA) is 75.4 Å². The second-order valence-corrected chi connectivity index (χ2v) is 8.20. The first-order valence-corrected chi connectivity index (χ1v) is 10.3. The Kier molecular flexibility index (Phi) is 6.37. The van der Waals surface area contributed by atoms with E-state index in [-0.39, 0.29) is 17.9 Å². The molecule has 0 radical (unpaired) electrons. The van der Waals surface area contributed by atoms with Gasteiger partial charge in [-0.1, -0.05) is 18.6 Å². The molecule has 1 saturated heterocycles. The van der Waals surface area contributed by atoms with E-state index in [2.05, 4.69) is 5.32 Å². The van der Waals surface area contributed by atoms with E-state index in [9.17, 15) is 9.59 Å². The lowest BCUT2D eigenvalue weighted by Crippen LogP contribution is -2.38. The standard InChI is InChI=1S/C19H27N3O2S/c20-17-3-1-2-15(17)13-18(23)21-16-6-4-14(5-7-16)12-19(24)22-8-10-25-11-9-22/h4-7,15,17H,1-3,8-13,20H2,(H,21,23)/t15-,17+/m0/s1. The molecule has 25 heavy (non-hydrogen) atoms. The van der Waals surface area contributed by atoms with Crippen LogP contribution in [0, 0.1) is 5.92 Å². The fraction of sp³-hybridized carbons (Fsp3) is 0.579. The zero-order valence-corrected chi connectivity index (χ0v) is 15.4. The van der Waals surface area contributed by atoms with Crippen LogP contribution in [-0.2, 0) is 16.0 Å². The third-order valence-corrected chi connectivity index (χ3v) is 6.06. The van der Waals surface area contributed by atoms with Gasteiger partial charge < -0.3 is 16.0 Å². The average molecular weight is 362 g/mol. The summed E-state index contributed by atoms with van der Waals surface area (Å²) < 4.78 is 0. The monoisotopic (exact) mass is 361 g/mol. The van der Waals surface area contributed by atoms with Crippen LogP contribution in [0.5, 0.6) is 0 Å². The van der Waals surface area contributed by atoms with Crippen molar-refractivity contribution in [2.75, 3.05) is 29.9 Å². The molecule has 6 heteroatoms. The minimum atomic E-state index is 0.0250. The van der Waals surface area contributed by atoms with Gasteiger partial charge in [0.2, 0.25) is 11.8 Å². The molecule has 0 unspecified atom stereocenters. The van der Waals surface area contributed by atoms with E-state index in [1.54, 1.807) is 0 Å². The fourth-order valence-electron chi connectivity index (χ4n) is 3.57. The number of carbonyl (C=O) groups is 2. The van der Waals surface area contributed by atoms with Gasteiger partial charge in [0, 0.05) is 42.7 Å². The Labute approximate surface area is 153 Å². The molecule has 3 rings (SSSR count). The van der Waals surface area contributed by atoms with Crippen molar-refractivity contribution in [3.8, 4) is 0 Å². The third-order valence-electron chi connectivity index (χ3n) is 5.12. The van der Waals surface area contributed by atoms with Gasteiger partial charge in [0.25, 0.3) is 0 Å². The number of hydrogen-bond acceptors (Lipinski definition) is 4. The van der Waals surface area contributed by atoms with Gasteiger partial charge in [-0.3, -0.25) is 9.59 Å². The molecular weight excluding hydrogens is 334 g/mol. The molecular formula is C19H27N3O2S. The zero-order chi connectivity index (χ0) is 17.6. The lowest BCUT2D eigenvalue weighted by Gasteiger charge is -2.26. The normalized spacial score (nSPS) is 23.5. The van der Waals surface area contributed by atoms with Crippen molar-refractivity contribution in [3.05, 3.63) is 29.8 Å². The second kappa shape index (κ2) is 8.72. The van der Waals surface area contributed by atoms with Crippen LogP contribution in [0.1, 0.15) is 31.2 Å². The molecule has 0 aromatic heterocycles. The van der Waals surface area contributed by atoms with Gasteiger partial charge in [-0.2, -0.15) is 11.8 Å². The largest absolute Gasteiger partial charge is 0.341 e. The van der Waals surface area contributed by atoms with Gasteiger partial charge in [-0.25, -0.2) is 0 Å². The number of anilines is 1. The van der Waals surface area contributed by atoms with Crippen LogP contribution in [0.15, 0.2) is 24.3 Å². The minimum Gasteiger partial charge on any atom is -0.341 e. The summed E-state index contributed by atoms with van der Waals surface area (Å²) in [6, 6.07) is 7.76. The van der Waals surface area contributed by atoms with Crippen LogP contribution in [0.3, 0.4) is 0 Å². The number of carbonyl (C=O) groups excluding carboxylic acids is 2. The van der Waals surface area contributed by atoms with Crippen molar-refractivity contribution < 1.29 is 9.59 Å². The van der Waals surface area contributed by atoms with Gasteiger partial charge in [0.05, 0.1) is 6.42 Å². The van der Waals surface area contributed by atoms with Crippen LogP contribution < -0.4 is 11.1 Å². The van der Waals surface area contributed by atoms with Crippen LogP contribution in [-0.4, -0.2) is 47.4 Å². The summed E-state index contributed by atoms with van der Waals surface area (Å²) in [6.45, 7) is 1.70. The fourth-order valence-corrected chi connectivity index (χ4v) is 4.48. The Morgan fingerprint density at radius 2 is 1.88 bits per heavy atom. The van der Waals surface area contributed by atoms with Crippen LogP contribution >= 0.6 is 11.8 Å².